The molecule has 2 rings (SSSR count). The normalized spacial score (nSPS) is 11.7. The van der Waals surface area contributed by atoms with Crippen molar-refractivity contribution < 1.29 is 19.4 Å². The minimum absolute atomic E-state index is 0.177. The molecule has 0 spiro atoms. The Bertz CT molecular complexity index is 563. The molecule has 110 valence electrons. The summed E-state index contributed by atoms with van der Waals surface area (Å²) in [6.45, 7) is 0.229. The van der Waals surface area contributed by atoms with Crippen LogP contribution in [0, 0.1) is 5.92 Å². The summed E-state index contributed by atoms with van der Waals surface area (Å²) in [4.78, 5) is 11.8. The molecule has 0 aromatic heterocycles. The van der Waals surface area contributed by atoms with Crippen molar-refractivity contribution in [1.82, 2.24) is 0 Å². The van der Waals surface area contributed by atoms with E-state index < -0.39 is 0 Å². The van der Waals surface area contributed by atoms with Crippen LogP contribution in [0.25, 0.3) is 0 Å². The van der Waals surface area contributed by atoms with E-state index in [0.717, 1.165) is 5.56 Å². The SMILES string of the molecule is COC(=O)C(COc1ccc(O)cc1)Cc1ccccc1. The average molecular weight is 286 g/mol. The van der Waals surface area contributed by atoms with E-state index in [2.05, 4.69) is 0 Å². The molecule has 1 atom stereocenters. The van der Waals surface area contributed by atoms with Crippen molar-refractivity contribution >= 4 is 5.97 Å². The van der Waals surface area contributed by atoms with E-state index in [0.29, 0.717) is 12.2 Å². The Morgan fingerprint density at radius 1 is 1.10 bits per heavy atom. The molecule has 1 N–H and O–H groups in total. The second-order valence-electron chi connectivity index (χ2n) is 4.71. The summed E-state index contributed by atoms with van der Waals surface area (Å²) in [6, 6.07) is 16.1. The lowest BCUT2D eigenvalue weighted by Crippen LogP contribution is -2.25. The molecule has 0 aliphatic rings. The zero-order chi connectivity index (χ0) is 15.1. The maximum Gasteiger partial charge on any atom is 0.312 e. The van der Waals surface area contributed by atoms with Crippen LogP contribution in [-0.2, 0) is 16.0 Å². The van der Waals surface area contributed by atoms with E-state index in [9.17, 15) is 9.90 Å². The summed E-state index contributed by atoms with van der Waals surface area (Å²) >= 11 is 0. The predicted octanol–water partition coefficient (Wildman–Crippen LogP) is 2.80. The molecular weight excluding hydrogens is 268 g/mol. The maximum absolute atomic E-state index is 11.8. The Labute approximate surface area is 123 Å². The van der Waals surface area contributed by atoms with Gasteiger partial charge in [-0.15, -0.1) is 0 Å². The highest BCUT2D eigenvalue weighted by Gasteiger charge is 2.20. The first kappa shape index (κ1) is 14.9. The smallest absolute Gasteiger partial charge is 0.312 e. The van der Waals surface area contributed by atoms with E-state index in [4.69, 9.17) is 9.47 Å². The monoisotopic (exact) mass is 286 g/mol. The van der Waals surface area contributed by atoms with Crippen LogP contribution < -0.4 is 4.74 Å². The zero-order valence-electron chi connectivity index (χ0n) is 11.9. The van der Waals surface area contributed by atoms with Crippen LogP contribution in [-0.4, -0.2) is 24.8 Å². The van der Waals surface area contributed by atoms with Crippen molar-refractivity contribution in [2.24, 2.45) is 5.92 Å². The Hall–Kier alpha value is -2.49. The molecule has 0 fully saturated rings. The van der Waals surface area contributed by atoms with Gasteiger partial charge in [0.05, 0.1) is 13.0 Å². The van der Waals surface area contributed by atoms with Crippen LogP contribution in [0.4, 0.5) is 0 Å². The van der Waals surface area contributed by atoms with E-state index in [1.807, 2.05) is 30.3 Å². The lowest BCUT2D eigenvalue weighted by molar-refractivity contribution is -0.146. The standard InChI is InChI=1S/C17H18O4/c1-20-17(19)14(11-13-5-3-2-4-6-13)12-21-16-9-7-15(18)8-10-16/h2-10,14,18H,11-12H2,1H3. The molecule has 0 amide bonds. The Morgan fingerprint density at radius 3 is 2.38 bits per heavy atom. The van der Waals surface area contributed by atoms with Gasteiger partial charge >= 0.3 is 5.97 Å². The summed E-state index contributed by atoms with van der Waals surface area (Å²) in [5, 5.41) is 9.23. The van der Waals surface area contributed by atoms with Gasteiger partial charge in [0.15, 0.2) is 0 Å². The molecule has 0 saturated heterocycles. The summed E-state index contributed by atoms with van der Waals surface area (Å²) in [7, 11) is 1.38. The highest BCUT2D eigenvalue weighted by molar-refractivity contribution is 5.72. The first-order chi connectivity index (χ1) is 10.2. The predicted molar refractivity (Wildman–Crippen MR) is 79.3 cm³/mol. The number of benzene rings is 2. The van der Waals surface area contributed by atoms with Crippen molar-refractivity contribution in [3.63, 3.8) is 0 Å². The highest BCUT2D eigenvalue weighted by Crippen LogP contribution is 2.18. The van der Waals surface area contributed by atoms with E-state index >= 15 is 0 Å². The van der Waals surface area contributed by atoms with Crippen molar-refractivity contribution in [2.75, 3.05) is 13.7 Å². The molecule has 0 aliphatic heterocycles. The number of esters is 1. The topological polar surface area (TPSA) is 55.8 Å². The molecular formula is C17H18O4. The van der Waals surface area contributed by atoms with E-state index in [-0.39, 0.29) is 24.2 Å². The van der Waals surface area contributed by atoms with Gasteiger partial charge in [0.1, 0.15) is 18.1 Å². The van der Waals surface area contributed by atoms with Crippen molar-refractivity contribution in [3.05, 3.63) is 60.2 Å². The van der Waals surface area contributed by atoms with Gasteiger partial charge in [-0.3, -0.25) is 4.79 Å². The number of methoxy groups -OCH3 is 1. The van der Waals surface area contributed by atoms with Gasteiger partial charge in [-0.25, -0.2) is 0 Å². The van der Waals surface area contributed by atoms with Crippen LogP contribution in [0.5, 0.6) is 11.5 Å². The van der Waals surface area contributed by atoms with Gasteiger partial charge in [0.2, 0.25) is 0 Å². The third-order valence-electron chi connectivity index (χ3n) is 3.15. The first-order valence-electron chi connectivity index (χ1n) is 6.72. The number of hydrogen-bond acceptors (Lipinski definition) is 4. The number of aromatic hydroxyl groups is 1. The fourth-order valence-electron chi connectivity index (χ4n) is 2.01. The molecule has 0 heterocycles. The molecule has 2 aromatic carbocycles. The Balaban J connectivity index is 1.99. The lowest BCUT2D eigenvalue weighted by atomic mass is 10.0. The van der Waals surface area contributed by atoms with Gasteiger partial charge in [-0.05, 0) is 36.2 Å². The summed E-state index contributed by atoms with van der Waals surface area (Å²) < 4.78 is 10.4. The van der Waals surface area contributed by atoms with Crippen LogP contribution in [0.15, 0.2) is 54.6 Å². The number of carbonyl (C=O) groups is 1. The molecule has 4 nitrogen and oxygen atoms in total. The summed E-state index contributed by atoms with van der Waals surface area (Å²) in [5.41, 5.74) is 1.06. The third kappa shape index (κ3) is 4.53. The fourth-order valence-corrected chi connectivity index (χ4v) is 2.01. The van der Waals surface area contributed by atoms with Gasteiger partial charge in [0.25, 0.3) is 0 Å². The molecule has 21 heavy (non-hydrogen) atoms. The zero-order valence-corrected chi connectivity index (χ0v) is 11.9. The summed E-state index contributed by atoms with van der Waals surface area (Å²) in [5.74, 6) is 0.120. The van der Waals surface area contributed by atoms with Gasteiger partial charge in [-0.1, -0.05) is 30.3 Å². The molecule has 0 aliphatic carbocycles. The second kappa shape index (κ2) is 7.33. The van der Waals surface area contributed by atoms with Crippen molar-refractivity contribution in [1.29, 1.82) is 0 Å². The minimum Gasteiger partial charge on any atom is -0.508 e. The minimum atomic E-state index is -0.369. The number of ether oxygens (including phenoxy) is 2. The molecule has 1 unspecified atom stereocenters. The number of hydrogen-bond donors (Lipinski definition) is 1. The van der Waals surface area contributed by atoms with Crippen LogP contribution >= 0.6 is 0 Å². The molecule has 0 bridgehead atoms. The van der Waals surface area contributed by atoms with Crippen LogP contribution in [0.3, 0.4) is 0 Å². The number of phenols is 1. The van der Waals surface area contributed by atoms with E-state index in [1.54, 1.807) is 24.3 Å². The Morgan fingerprint density at radius 2 is 1.76 bits per heavy atom. The van der Waals surface area contributed by atoms with Crippen molar-refractivity contribution in [3.8, 4) is 11.5 Å². The number of carbonyl (C=O) groups excluding carboxylic acids is 1. The summed E-state index contributed by atoms with van der Waals surface area (Å²) in [6.07, 6.45) is 0.561. The molecule has 4 heteroatoms. The maximum atomic E-state index is 11.8. The van der Waals surface area contributed by atoms with Gasteiger partial charge in [0, 0.05) is 0 Å². The van der Waals surface area contributed by atoms with E-state index in [1.165, 1.54) is 7.11 Å². The first-order valence-corrected chi connectivity index (χ1v) is 6.72. The quantitative estimate of drug-likeness (QED) is 0.830. The third-order valence-corrected chi connectivity index (χ3v) is 3.15. The molecule has 0 saturated carbocycles. The van der Waals surface area contributed by atoms with Crippen LogP contribution in [0.1, 0.15) is 5.56 Å². The molecule has 2 aromatic rings. The fraction of sp³-hybridized carbons (Fsp3) is 0.235. The second-order valence-corrected chi connectivity index (χ2v) is 4.71. The van der Waals surface area contributed by atoms with Gasteiger partial charge in [-0.2, -0.15) is 0 Å². The number of rotatable bonds is 6. The molecule has 0 radical (unpaired) electrons. The number of phenolic OH excluding ortho intramolecular Hbond substituents is 1. The highest BCUT2D eigenvalue weighted by atomic mass is 16.5. The Kier molecular flexibility index (Phi) is 5.21. The van der Waals surface area contributed by atoms with Gasteiger partial charge < -0.3 is 14.6 Å². The van der Waals surface area contributed by atoms with Crippen LogP contribution in [0.2, 0.25) is 0 Å². The average Bonchev–Trinajstić information content (AvgIpc) is 2.53. The largest absolute Gasteiger partial charge is 0.508 e. The van der Waals surface area contributed by atoms with Crippen molar-refractivity contribution in [2.45, 2.75) is 6.42 Å². The lowest BCUT2D eigenvalue weighted by Gasteiger charge is -2.15.